The van der Waals surface area contributed by atoms with Gasteiger partial charge in [0.25, 0.3) is 0 Å². The topological polar surface area (TPSA) is 82.1 Å². The second kappa shape index (κ2) is 7.43. The van der Waals surface area contributed by atoms with Gasteiger partial charge >= 0.3 is 13.6 Å². The molecule has 1 N–H and O–H groups in total. The van der Waals surface area contributed by atoms with Crippen LogP contribution in [-0.2, 0) is 24.5 Å². The molecule has 1 aromatic carbocycles. The van der Waals surface area contributed by atoms with Crippen LogP contribution in [0.1, 0.15) is 29.8 Å². The number of carbonyl (C=O) groups is 1. The lowest BCUT2D eigenvalue weighted by molar-refractivity contribution is 0.0599. The Balaban J connectivity index is 3.18. The Bertz CT molecular complexity index is 504. The molecule has 0 aliphatic carbocycles. The fourth-order valence-electron chi connectivity index (χ4n) is 1.76. The molecular formula is C13H19O6P. The van der Waals surface area contributed by atoms with Crippen LogP contribution in [0.4, 0.5) is 0 Å². The summed E-state index contributed by atoms with van der Waals surface area (Å²) in [6.45, 7) is 3.80. The van der Waals surface area contributed by atoms with Gasteiger partial charge < -0.3 is 18.9 Å². The smallest absolute Gasteiger partial charge is 0.338 e. The van der Waals surface area contributed by atoms with Crippen molar-refractivity contribution in [2.24, 2.45) is 0 Å². The second-order valence-electron chi connectivity index (χ2n) is 3.90. The normalized spacial score (nSPS) is 11.3. The van der Waals surface area contributed by atoms with Gasteiger partial charge in [-0.05, 0) is 26.0 Å². The molecule has 0 atom stereocenters. The molecule has 7 heteroatoms. The number of aromatic hydroxyl groups is 1. The van der Waals surface area contributed by atoms with E-state index in [1.54, 1.807) is 13.8 Å². The number of benzene rings is 1. The minimum atomic E-state index is -3.41. The minimum Gasteiger partial charge on any atom is -0.508 e. The molecule has 0 aliphatic heterocycles. The Morgan fingerprint density at radius 1 is 1.25 bits per heavy atom. The third-order valence-corrected chi connectivity index (χ3v) is 4.57. The van der Waals surface area contributed by atoms with Crippen molar-refractivity contribution in [3.63, 3.8) is 0 Å². The summed E-state index contributed by atoms with van der Waals surface area (Å²) in [4.78, 5) is 11.7. The summed E-state index contributed by atoms with van der Waals surface area (Å²) in [5.74, 6) is -0.761. The van der Waals surface area contributed by atoms with Gasteiger partial charge in [0.15, 0.2) is 0 Å². The van der Waals surface area contributed by atoms with Crippen molar-refractivity contribution in [3.8, 4) is 5.75 Å². The molecule has 0 fully saturated rings. The fourth-order valence-corrected chi connectivity index (χ4v) is 3.52. The molecule has 1 aromatic rings. The van der Waals surface area contributed by atoms with Crippen molar-refractivity contribution in [2.45, 2.75) is 20.0 Å². The lowest BCUT2D eigenvalue weighted by Gasteiger charge is -2.18. The van der Waals surface area contributed by atoms with Crippen LogP contribution < -0.4 is 0 Å². The molecule has 0 aromatic heterocycles. The van der Waals surface area contributed by atoms with E-state index < -0.39 is 13.6 Å². The number of hydrogen-bond donors (Lipinski definition) is 1. The Hall–Kier alpha value is -1.36. The van der Waals surface area contributed by atoms with E-state index in [1.807, 2.05) is 0 Å². The maximum atomic E-state index is 12.5. The quantitative estimate of drug-likeness (QED) is 0.616. The molecule has 0 radical (unpaired) electrons. The number of phenols is 1. The second-order valence-corrected chi connectivity index (χ2v) is 5.95. The monoisotopic (exact) mass is 302 g/mol. The fraction of sp³-hybridized carbons (Fsp3) is 0.462. The van der Waals surface area contributed by atoms with E-state index in [9.17, 15) is 14.5 Å². The Labute approximate surface area is 118 Å². The van der Waals surface area contributed by atoms with Crippen LogP contribution in [0.25, 0.3) is 0 Å². The number of phenolic OH excluding ortho intramolecular Hbond substituents is 1. The summed E-state index contributed by atoms with van der Waals surface area (Å²) in [5, 5.41) is 9.90. The first-order chi connectivity index (χ1) is 9.47. The molecule has 0 bridgehead atoms. The first kappa shape index (κ1) is 16.7. The number of methoxy groups -OCH3 is 1. The largest absolute Gasteiger partial charge is 0.508 e. The maximum absolute atomic E-state index is 12.5. The first-order valence-corrected chi connectivity index (χ1v) is 7.97. The summed E-state index contributed by atoms with van der Waals surface area (Å²) in [6.07, 6.45) is -0.189. The van der Waals surface area contributed by atoms with Gasteiger partial charge in [0, 0.05) is 5.56 Å². The molecule has 20 heavy (non-hydrogen) atoms. The predicted molar refractivity (Wildman–Crippen MR) is 74.0 cm³/mol. The molecule has 112 valence electrons. The zero-order valence-corrected chi connectivity index (χ0v) is 12.7. The molecule has 0 aliphatic rings. The highest BCUT2D eigenvalue weighted by molar-refractivity contribution is 7.53. The van der Waals surface area contributed by atoms with Crippen molar-refractivity contribution in [2.75, 3.05) is 20.3 Å². The molecular weight excluding hydrogens is 283 g/mol. The van der Waals surface area contributed by atoms with E-state index in [0.29, 0.717) is 0 Å². The molecule has 0 spiro atoms. The molecule has 0 saturated carbocycles. The van der Waals surface area contributed by atoms with E-state index in [4.69, 9.17) is 9.05 Å². The number of carbonyl (C=O) groups excluding carboxylic acids is 1. The summed E-state index contributed by atoms with van der Waals surface area (Å²) >= 11 is 0. The van der Waals surface area contributed by atoms with E-state index in [-0.39, 0.29) is 36.3 Å². The van der Waals surface area contributed by atoms with Gasteiger partial charge in [-0.3, -0.25) is 4.57 Å². The Morgan fingerprint density at radius 2 is 1.85 bits per heavy atom. The lowest BCUT2D eigenvalue weighted by atomic mass is 10.1. The van der Waals surface area contributed by atoms with Crippen LogP contribution in [0, 0.1) is 0 Å². The average Bonchev–Trinajstić information content (AvgIpc) is 2.40. The summed E-state index contributed by atoms with van der Waals surface area (Å²) < 4.78 is 27.5. The van der Waals surface area contributed by atoms with Gasteiger partial charge in [-0.25, -0.2) is 4.79 Å². The van der Waals surface area contributed by atoms with Gasteiger partial charge in [0.05, 0.1) is 32.0 Å². The predicted octanol–water partition coefficient (Wildman–Crippen LogP) is 2.94. The lowest BCUT2D eigenvalue weighted by Crippen LogP contribution is -2.08. The van der Waals surface area contributed by atoms with Crippen molar-refractivity contribution >= 4 is 13.6 Å². The highest BCUT2D eigenvalue weighted by Gasteiger charge is 2.28. The van der Waals surface area contributed by atoms with Gasteiger partial charge in [-0.1, -0.05) is 6.07 Å². The van der Waals surface area contributed by atoms with Gasteiger partial charge in [-0.2, -0.15) is 0 Å². The van der Waals surface area contributed by atoms with Crippen molar-refractivity contribution < 1.29 is 28.3 Å². The zero-order chi connectivity index (χ0) is 15.2. The van der Waals surface area contributed by atoms with Crippen molar-refractivity contribution in [3.05, 3.63) is 29.3 Å². The highest BCUT2D eigenvalue weighted by Crippen LogP contribution is 2.52. The van der Waals surface area contributed by atoms with Gasteiger partial charge in [0.2, 0.25) is 0 Å². The minimum absolute atomic E-state index is 0.145. The zero-order valence-electron chi connectivity index (χ0n) is 11.8. The van der Waals surface area contributed by atoms with Crippen LogP contribution >= 0.6 is 7.60 Å². The molecule has 0 heterocycles. The SMILES string of the molecule is CCOP(=O)(Cc1c(O)cccc1C(=O)OC)OCC. The summed E-state index contributed by atoms with van der Waals surface area (Å²) in [6, 6.07) is 4.41. The van der Waals surface area contributed by atoms with E-state index in [1.165, 1.54) is 25.3 Å². The third-order valence-electron chi connectivity index (χ3n) is 2.56. The van der Waals surface area contributed by atoms with Crippen molar-refractivity contribution in [1.29, 1.82) is 0 Å². The third kappa shape index (κ3) is 4.07. The van der Waals surface area contributed by atoms with Crippen molar-refractivity contribution in [1.82, 2.24) is 0 Å². The highest BCUT2D eigenvalue weighted by atomic mass is 31.2. The first-order valence-electron chi connectivity index (χ1n) is 6.24. The Kier molecular flexibility index (Phi) is 6.20. The summed E-state index contributed by atoms with van der Waals surface area (Å²) in [7, 11) is -2.18. The molecule has 0 unspecified atom stereocenters. The Morgan fingerprint density at radius 3 is 2.35 bits per heavy atom. The molecule has 1 rings (SSSR count). The number of esters is 1. The van der Waals surface area contributed by atoms with Gasteiger partial charge in [-0.15, -0.1) is 0 Å². The molecule has 0 amide bonds. The maximum Gasteiger partial charge on any atom is 0.338 e. The number of ether oxygens (including phenoxy) is 1. The van der Waals surface area contributed by atoms with Crippen LogP contribution in [0.3, 0.4) is 0 Å². The van der Waals surface area contributed by atoms with E-state index >= 15 is 0 Å². The molecule has 0 saturated heterocycles. The van der Waals surface area contributed by atoms with Crippen LogP contribution in [0.15, 0.2) is 18.2 Å². The van der Waals surface area contributed by atoms with Crippen LogP contribution in [0.5, 0.6) is 5.75 Å². The van der Waals surface area contributed by atoms with Gasteiger partial charge in [0.1, 0.15) is 5.75 Å². The molecule has 6 nitrogen and oxygen atoms in total. The van der Waals surface area contributed by atoms with Crippen LogP contribution in [-0.4, -0.2) is 31.4 Å². The number of rotatable bonds is 7. The average molecular weight is 302 g/mol. The number of hydrogen-bond acceptors (Lipinski definition) is 6. The standard InChI is InChI=1S/C13H19O6P/c1-4-18-20(16,19-5-2)9-11-10(13(15)17-3)7-6-8-12(11)14/h6-8,14H,4-5,9H2,1-3H3. The van der Waals surface area contributed by atoms with Crippen LogP contribution in [0.2, 0.25) is 0 Å². The van der Waals surface area contributed by atoms with E-state index in [2.05, 4.69) is 4.74 Å². The summed E-state index contributed by atoms with van der Waals surface area (Å²) in [5.41, 5.74) is 0.344. The van der Waals surface area contributed by atoms with E-state index in [0.717, 1.165) is 0 Å².